The van der Waals surface area contributed by atoms with Gasteiger partial charge in [-0.05, 0) is 31.1 Å². The summed E-state index contributed by atoms with van der Waals surface area (Å²) in [5, 5.41) is 6.76. The number of nitrogens with zero attached hydrogens (tertiary/aromatic N) is 2. The number of guanidine groups is 1. The Balaban J connectivity index is 2.50. The molecule has 5 heteroatoms. The molecule has 1 aliphatic carbocycles. The first kappa shape index (κ1) is 17.8. The predicted octanol–water partition coefficient (Wildman–Crippen LogP) is 1.99. The molecule has 0 aromatic heterocycles. The molecule has 0 spiro atoms. The standard InChI is InChI=1S/C16H32N4O/c1-5-7-11-17-15(18-12-14(21)20(3)4)19-13-16(6-2)9-8-10-16/h5-13H2,1-4H3,(H2,17,18,19). The van der Waals surface area contributed by atoms with Crippen molar-refractivity contribution >= 4 is 11.9 Å². The molecule has 1 rings (SSSR count). The van der Waals surface area contributed by atoms with Crippen molar-refractivity contribution in [1.29, 1.82) is 0 Å². The average Bonchev–Trinajstić information content (AvgIpc) is 2.42. The summed E-state index contributed by atoms with van der Waals surface area (Å²) in [7, 11) is 3.52. The van der Waals surface area contributed by atoms with E-state index >= 15 is 0 Å². The molecule has 0 aliphatic heterocycles. The molecule has 0 radical (unpaired) electrons. The molecular formula is C16H32N4O. The topological polar surface area (TPSA) is 56.7 Å². The molecule has 0 bridgehead atoms. The Morgan fingerprint density at radius 1 is 1.24 bits per heavy atom. The zero-order valence-corrected chi connectivity index (χ0v) is 14.2. The lowest BCUT2D eigenvalue weighted by molar-refractivity contribution is -0.127. The summed E-state index contributed by atoms with van der Waals surface area (Å²) >= 11 is 0. The van der Waals surface area contributed by atoms with Crippen molar-refractivity contribution in [2.24, 2.45) is 10.4 Å². The highest BCUT2D eigenvalue weighted by molar-refractivity contribution is 5.84. The molecule has 0 aromatic rings. The van der Waals surface area contributed by atoms with Gasteiger partial charge in [-0.25, -0.2) is 4.99 Å². The number of aliphatic imine (C=N–C) groups is 1. The Morgan fingerprint density at radius 3 is 2.43 bits per heavy atom. The third-order valence-electron chi connectivity index (χ3n) is 4.49. The molecule has 0 aromatic carbocycles. The van der Waals surface area contributed by atoms with E-state index in [9.17, 15) is 4.79 Å². The summed E-state index contributed by atoms with van der Waals surface area (Å²) in [5.74, 6) is 0.804. The molecule has 2 N–H and O–H groups in total. The Kier molecular flexibility index (Phi) is 7.54. The maximum atomic E-state index is 11.7. The van der Waals surface area contributed by atoms with Crippen LogP contribution in [0.25, 0.3) is 0 Å². The second-order valence-corrected chi connectivity index (χ2v) is 6.29. The lowest BCUT2D eigenvalue weighted by atomic mass is 9.67. The van der Waals surface area contributed by atoms with Gasteiger partial charge in [-0.15, -0.1) is 0 Å². The van der Waals surface area contributed by atoms with Crippen LogP contribution in [0.4, 0.5) is 0 Å². The number of rotatable bonds is 8. The third-order valence-corrected chi connectivity index (χ3v) is 4.49. The summed E-state index contributed by atoms with van der Waals surface area (Å²) < 4.78 is 0. The molecule has 21 heavy (non-hydrogen) atoms. The van der Waals surface area contributed by atoms with Gasteiger partial charge >= 0.3 is 0 Å². The van der Waals surface area contributed by atoms with E-state index in [0.29, 0.717) is 5.41 Å². The lowest BCUT2D eigenvalue weighted by Gasteiger charge is -2.41. The minimum atomic E-state index is 0.0282. The van der Waals surface area contributed by atoms with Gasteiger partial charge in [-0.1, -0.05) is 26.7 Å². The summed E-state index contributed by atoms with van der Waals surface area (Å²) in [6, 6.07) is 0. The molecule has 0 heterocycles. The fourth-order valence-corrected chi connectivity index (χ4v) is 2.45. The fourth-order valence-electron chi connectivity index (χ4n) is 2.45. The highest BCUT2D eigenvalue weighted by atomic mass is 16.2. The highest BCUT2D eigenvalue weighted by Gasteiger charge is 2.34. The maximum Gasteiger partial charge on any atom is 0.243 e. The van der Waals surface area contributed by atoms with Crippen LogP contribution in [-0.4, -0.2) is 50.5 Å². The van der Waals surface area contributed by atoms with Crippen molar-refractivity contribution in [2.75, 3.05) is 33.7 Å². The van der Waals surface area contributed by atoms with Crippen molar-refractivity contribution in [3.8, 4) is 0 Å². The minimum absolute atomic E-state index is 0.0282. The minimum Gasteiger partial charge on any atom is -0.356 e. The molecule has 1 saturated carbocycles. The average molecular weight is 296 g/mol. The van der Waals surface area contributed by atoms with E-state index in [0.717, 1.165) is 31.9 Å². The second-order valence-electron chi connectivity index (χ2n) is 6.29. The van der Waals surface area contributed by atoms with E-state index in [1.165, 1.54) is 25.7 Å². The Morgan fingerprint density at radius 2 is 1.95 bits per heavy atom. The van der Waals surface area contributed by atoms with Crippen LogP contribution in [0.3, 0.4) is 0 Å². The monoisotopic (exact) mass is 296 g/mol. The molecule has 5 nitrogen and oxygen atoms in total. The number of carbonyl (C=O) groups excluding carboxylic acids is 1. The van der Waals surface area contributed by atoms with Crippen LogP contribution in [0, 0.1) is 5.41 Å². The number of hydrogen-bond donors (Lipinski definition) is 2. The van der Waals surface area contributed by atoms with Gasteiger partial charge in [0.05, 0.1) is 0 Å². The number of nitrogens with one attached hydrogen (secondary N) is 2. The van der Waals surface area contributed by atoms with Gasteiger partial charge in [-0.3, -0.25) is 4.79 Å². The summed E-state index contributed by atoms with van der Waals surface area (Å²) in [4.78, 5) is 17.7. The highest BCUT2D eigenvalue weighted by Crippen LogP contribution is 2.42. The van der Waals surface area contributed by atoms with Crippen molar-refractivity contribution in [3.63, 3.8) is 0 Å². The normalized spacial score (nSPS) is 17.0. The largest absolute Gasteiger partial charge is 0.356 e. The first-order valence-electron chi connectivity index (χ1n) is 8.25. The first-order valence-corrected chi connectivity index (χ1v) is 8.25. The molecule has 0 saturated heterocycles. The lowest BCUT2D eigenvalue weighted by Crippen LogP contribution is -2.46. The van der Waals surface area contributed by atoms with Crippen LogP contribution in [-0.2, 0) is 4.79 Å². The van der Waals surface area contributed by atoms with E-state index < -0.39 is 0 Å². The Hall–Kier alpha value is -1.26. The molecular weight excluding hydrogens is 264 g/mol. The molecule has 1 aliphatic rings. The number of amides is 1. The van der Waals surface area contributed by atoms with Crippen molar-refractivity contribution in [1.82, 2.24) is 15.5 Å². The number of likely N-dealkylation sites (N-methyl/N-ethyl adjacent to an activating group) is 1. The quantitative estimate of drug-likeness (QED) is 0.409. The molecule has 0 atom stereocenters. The first-order chi connectivity index (χ1) is 10.0. The molecule has 1 amide bonds. The van der Waals surface area contributed by atoms with Gasteiger partial charge in [0.15, 0.2) is 5.96 Å². The third kappa shape index (κ3) is 5.94. The predicted molar refractivity (Wildman–Crippen MR) is 88.5 cm³/mol. The number of carbonyl (C=O) groups is 1. The van der Waals surface area contributed by atoms with E-state index in [1.807, 2.05) is 0 Å². The van der Waals surface area contributed by atoms with E-state index in [1.54, 1.807) is 19.0 Å². The molecule has 122 valence electrons. The van der Waals surface area contributed by atoms with Crippen LogP contribution < -0.4 is 10.6 Å². The van der Waals surface area contributed by atoms with Gasteiger partial charge < -0.3 is 15.5 Å². The van der Waals surface area contributed by atoms with E-state index in [4.69, 9.17) is 0 Å². The van der Waals surface area contributed by atoms with Crippen LogP contribution in [0.5, 0.6) is 0 Å². The number of unbranched alkanes of at least 4 members (excludes halogenated alkanes) is 1. The van der Waals surface area contributed by atoms with Crippen LogP contribution in [0.1, 0.15) is 52.4 Å². The van der Waals surface area contributed by atoms with Gasteiger partial charge in [-0.2, -0.15) is 0 Å². The smallest absolute Gasteiger partial charge is 0.243 e. The zero-order chi connectivity index (χ0) is 15.7. The van der Waals surface area contributed by atoms with E-state index in [-0.39, 0.29) is 12.5 Å². The van der Waals surface area contributed by atoms with E-state index in [2.05, 4.69) is 29.5 Å². The zero-order valence-electron chi connectivity index (χ0n) is 14.2. The maximum absolute atomic E-state index is 11.7. The Bertz CT molecular complexity index is 343. The van der Waals surface area contributed by atoms with Gasteiger partial charge in [0, 0.05) is 27.2 Å². The van der Waals surface area contributed by atoms with Crippen molar-refractivity contribution in [3.05, 3.63) is 0 Å². The van der Waals surface area contributed by atoms with Crippen molar-refractivity contribution in [2.45, 2.75) is 52.4 Å². The summed E-state index contributed by atoms with van der Waals surface area (Å²) in [6.45, 7) is 6.49. The fraction of sp³-hybridized carbons (Fsp3) is 0.875. The Labute approximate surface area is 129 Å². The van der Waals surface area contributed by atoms with Crippen molar-refractivity contribution < 1.29 is 4.79 Å². The van der Waals surface area contributed by atoms with Gasteiger partial charge in [0.25, 0.3) is 0 Å². The summed E-state index contributed by atoms with van der Waals surface area (Å²) in [5.41, 5.74) is 0.443. The SMILES string of the molecule is CCCCNC(=NCC(=O)N(C)C)NCC1(CC)CCC1. The van der Waals surface area contributed by atoms with Gasteiger partial charge in [0.1, 0.15) is 6.54 Å². The van der Waals surface area contributed by atoms with Crippen LogP contribution in [0.2, 0.25) is 0 Å². The molecule has 1 fully saturated rings. The number of hydrogen-bond acceptors (Lipinski definition) is 2. The molecule has 0 unspecified atom stereocenters. The van der Waals surface area contributed by atoms with Gasteiger partial charge in [0.2, 0.25) is 5.91 Å². The van der Waals surface area contributed by atoms with Crippen LogP contribution >= 0.6 is 0 Å². The second kappa shape index (κ2) is 8.90. The summed E-state index contributed by atoms with van der Waals surface area (Å²) in [6.07, 6.45) is 7.41. The van der Waals surface area contributed by atoms with Crippen LogP contribution in [0.15, 0.2) is 4.99 Å².